The summed E-state index contributed by atoms with van der Waals surface area (Å²) in [6, 6.07) is 6.62. The molecule has 1 aromatic carbocycles. The quantitative estimate of drug-likeness (QED) is 0.645. The van der Waals surface area contributed by atoms with Crippen molar-refractivity contribution in [1.82, 2.24) is 9.78 Å². The second-order valence-electron chi connectivity index (χ2n) is 3.33. The Labute approximate surface area is 103 Å². The van der Waals surface area contributed by atoms with E-state index < -0.39 is 0 Å². The van der Waals surface area contributed by atoms with Gasteiger partial charge in [-0.3, -0.25) is 4.79 Å². The Morgan fingerprint density at radius 3 is 2.94 bits per heavy atom. The number of aromatic nitrogens is 2. The lowest BCUT2D eigenvalue weighted by molar-refractivity contribution is -0.113. The highest BCUT2D eigenvalue weighted by molar-refractivity contribution is 6.29. The maximum absolute atomic E-state index is 11.1. The molecular weight excluding hydrogens is 242 g/mol. The number of carbonyl (C=O) groups excluding carboxylic acids is 1. The summed E-state index contributed by atoms with van der Waals surface area (Å²) < 4.78 is 1.60. The fourth-order valence-electron chi connectivity index (χ4n) is 1.37. The lowest BCUT2D eigenvalue weighted by atomic mass is 10.2. The van der Waals surface area contributed by atoms with Crippen molar-refractivity contribution in [2.75, 3.05) is 11.2 Å². The number of halogens is 1. The highest BCUT2D eigenvalue weighted by Crippen LogP contribution is 2.25. The number of phenols is 1. The highest BCUT2D eigenvalue weighted by Gasteiger charge is 2.06. The molecular formula is C11H10ClN3O2. The van der Waals surface area contributed by atoms with E-state index in [2.05, 4.69) is 10.4 Å². The number of hydrogen-bond acceptors (Lipinski definition) is 3. The zero-order valence-corrected chi connectivity index (χ0v) is 9.55. The van der Waals surface area contributed by atoms with Crippen LogP contribution in [0.15, 0.2) is 36.7 Å². The Morgan fingerprint density at radius 1 is 1.53 bits per heavy atom. The Balaban J connectivity index is 2.26. The maximum Gasteiger partial charge on any atom is 0.239 e. The largest absolute Gasteiger partial charge is 0.506 e. The van der Waals surface area contributed by atoms with Crippen molar-refractivity contribution < 1.29 is 9.90 Å². The van der Waals surface area contributed by atoms with E-state index in [1.807, 2.05) is 0 Å². The molecule has 0 aliphatic heterocycles. The van der Waals surface area contributed by atoms with Gasteiger partial charge in [0.25, 0.3) is 0 Å². The van der Waals surface area contributed by atoms with Gasteiger partial charge >= 0.3 is 0 Å². The smallest absolute Gasteiger partial charge is 0.239 e. The van der Waals surface area contributed by atoms with Crippen molar-refractivity contribution in [3.8, 4) is 11.4 Å². The van der Waals surface area contributed by atoms with Gasteiger partial charge in [-0.15, -0.1) is 11.6 Å². The number of carbonyl (C=O) groups is 1. The Morgan fingerprint density at radius 2 is 2.35 bits per heavy atom. The monoisotopic (exact) mass is 251 g/mol. The number of nitrogens with one attached hydrogen (secondary N) is 1. The van der Waals surface area contributed by atoms with Gasteiger partial charge in [-0.05, 0) is 18.2 Å². The topological polar surface area (TPSA) is 67.2 Å². The van der Waals surface area contributed by atoms with Gasteiger partial charge < -0.3 is 10.4 Å². The minimum atomic E-state index is -0.367. The predicted octanol–water partition coefficient (Wildman–Crippen LogP) is 1.76. The fraction of sp³-hybridized carbons (Fsp3) is 0.0909. The van der Waals surface area contributed by atoms with E-state index >= 15 is 0 Å². The van der Waals surface area contributed by atoms with E-state index in [0.717, 1.165) is 0 Å². The number of alkyl halides is 1. The van der Waals surface area contributed by atoms with E-state index in [1.54, 1.807) is 35.3 Å². The zero-order chi connectivity index (χ0) is 12.3. The van der Waals surface area contributed by atoms with Crippen molar-refractivity contribution in [2.24, 2.45) is 0 Å². The first-order valence-electron chi connectivity index (χ1n) is 4.89. The van der Waals surface area contributed by atoms with Crippen LogP contribution >= 0.6 is 11.6 Å². The number of amides is 1. The van der Waals surface area contributed by atoms with Crippen molar-refractivity contribution in [3.63, 3.8) is 0 Å². The van der Waals surface area contributed by atoms with E-state index in [4.69, 9.17) is 11.6 Å². The molecule has 0 saturated carbocycles. The molecule has 0 saturated heterocycles. The predicted molar refractivity (Wildman–Crippen MR) is 64.6 cm³/mol. The second kappa shape index (κ2) is 4.88. The molecule has 17 heavy (non-hydrogen) atoms. The first-order chi connectivity index (χ1) is 8.20. The summed E-state index contributed by atoms with van der Waals surface area (Å²) in [6.07, 6.45) is 3.39. The third kappa shape index (κ3) is 2.57. The molecule has 0 unspecified atom stereocenters. The summed E-state index contributed by atoms with van der Waals surface area (Å²) in [5, 5.41) is 16.2. The van der Waals surface area contributed by atoms with Crippen LogP contribution in [0.2, 0.25) is 0 Å². The molecule has 2 aromatic rings. The molecule has 1 heterocycles. The van der Waals surface area contributed by atoms with Crippen molar-refractivity contribution in [2.45, 2.75) is 0 Å². The van der Waals surface area contributed by atoms with Gasteiger partial charge in [0, 0.05) is 18.5 Å². The summed E-state index contributed by atoms with van der Waals surface area (Å²) in [5.41, 5.74) is 1.03. The van der Waals surface area contributed by atoms with Gasteiger partial charge in [0.15, 0.2) is 0 Å². The molecule has 1 aromatic heterocycles. The second-order valence-corrected chi connectivity index (χ2v) is 3.60. The van der Waals surface area contributed by atoms with Gasteiger partial charge in [0.05, 0.1) is 11.4 Å². The van der Waals surface area contributed by atoms with Crippen LogP contribution < -0.4 is 5.32 Å². The summed E-state index contributed by atoms with van der Waals surface area (Å²) in [6.45, 7) is 0. The molecule has 88 valence electrons. The summed E-state index contributed by atoms with van der Waals surface area (Å²) in [7, 11) is 0. The average Bonchev–Trinajstić information content (AvgIpc) is 2.85. The lowest BCUT2D eigenvalue weighted by Crippen LogP contribution is -2.12. The summed E-state index contributed by atoms with van der Waals surface area (Å²) in [5.74, 6) is -0.550. The van der Waals surface area contributed by atoms with Crippen LogP contribution in [-0.4, -0.2) is 26.7 Å². The number of benzene rings is 1. The molecule has 0 aliphatic rings. The number of phenolic OH excluding ortho intramolecular Hbond substituents is 1. The molecule has 0 fully saturated rings. The molecule has 2 rings (SSSR count). The number of rotatable bonds is 3. The summed E-state index contributed by atoms with van der Waals surface area (Å²) in [4.78, 5) is 11.1. The molecule has 5 nitrogen and oxygen atoms in total. The molecule has 6 heteroatoms. The number of nitrogens with zero attached hydrogens (tertiary/aromatic N) is 2. The van der Waals surface area contributed by atoms with Crippen LogP contribution in [0.25, 0.3) is 5.69 Å². The minimum Gasteiger partial charge on any atom is -0.506 e. The van der Waals surface area contributed by atoms with Crippen molar-refractivity contribution >= 4 is 23.2 Å². The Bertz CT molecular complexity index is 526. The minimum absolute atomic E-state index is 0.0310. The SMILES string of the molecule is O=C(CCl)Nc1ccc(-n2cccn2)cc1O. The Hall–Kier alpha value is -2.01. The molecule has 0 aliphatic carbocycles. The van der Waals surface area contributed by atoms with Crippen LogP contribution in [0.5, 0.6) is 5.75 Å². The first-order valence-corrected chi connectivity index (χ1v) is 5.43. The summed E-state index contributed by atoms with van der Waals surface area (Å²) >= 11 is 5.36. The maximum atomic E-state index is 11.1. The van der Waals surface area contributed by atoms with Crippen molar-refractivity contribution in [3.05, 3.63) is 36.7 Å². The van der Waals surface area contributed by atoms with E-state index in [1.165, 1.54) is 6.07 Å². The molecule has 0 radical (unpaired) electrons. The van der Waals surface area contributed by atoms with Crippen LogP contribution in [0, 0.1) is 0 Å². The van der Waals surface area contributed by atoms with Gasteiger partial charge in [0.1, 0.15) is 11.6 Å². The first kappa shape index (κ1) is 11.5. The van der Waals surface area contributed by atoms with Crippen LogP contribution in [-0.2, 0) is 4.79 Å². The molecule has 0 atom stereocenters. The fourth-order valence-corrected chi connectivity index (χ4v) is 1.44. The average molecular weight is 252 g/mol. The number of aromatic hydroxyl groups is 1. The third-order valence-electron chi connectivity index (χ3n) is 2.15. The standard InChI is InChI=1S/C11H10ClN3O2/c12-7-11(17)14-9-3-2-8(6-10(9)16)15-5-1-4-13-15/h1-6,16H,7H2,(H,14,17). The third-order valence-corrected chi connectivity index (χ3v) is 2.39. The van der Waals surface area contributed by atoms with Crippen LogP contribution in [0.4, 0.5) is 5.69 Å². The van der Waals surface area contributed by atoms with Gasteiger partial charge in [-0.2, -0.15) is 5.10 Å². The molecule has 2 N–H and O–H groups in total. The van der Waals surface area contributed by atoms with E-state index in [-0.39, 0.29) is 17.5 Å². The van der Waals surface area contributed by atoms with Crippen LogP contribution in [0.3, 0.4) is 0 Å². The molecule has 0 spiro atoms. The normalized spacial score (nSPS) is 10.2. The van der Waals surface area contributed by atoms with E-state index in [0.29, 0.717) is 11.4 Å². The van der Waals surface area contributed by atoms with Gasteiger partial charge in [0.2, 0.25) is 5.91 Å². The highest BCUT2D eigenvalue weighted by atomic mass is 35.5. The lowest BCUT2D eigenvalue weighted by Gasteiger charge is -2.08. The Kier molecular flexibility index (Phi) is 3.30. The van der Waals surface area contributed by atoms with Gasteiger partial charge in [-0.25, -0.2) is 4.68 Å². The number of anilines is 1. The van der Waals surface area contributed by atoms with E-state index in [9.17, 15) is 9.90 Å². The molecule has 1 amide bonds. The zero-order valence-electron chi connectivity index (χ0n) is 8.80. The molecule has 0 bridgehead atoms. The van der Waals surface area contributed by atoms with Crippen LogP contribution in [0.1, 0.15) is 0 Å². The van der Waals surface area contributed by atoms with Gasteiger partial charge in [-0.1, -0.05) is 0 Å². The van der Waals surface area contributed by atoms with Crippen molar-refractivity contribution in [1.29, 1.82) is 0 Å². The number of hydrogen-bond donors (Lipinski definition) is 2.